The third kappa shape index (κ3) is 5.86. The number of nitrogens with zero attached hydrogens (tertiary/aromatic N) is 2. The standard InChI is InChI=1S/C29H31FN2O4S/c1-20-5-2-3-7-24(20)29(34)31(17-23-6-4-15-35-23)18-28(33)32-14-12-27-25(13-16-37-27)26(32)19-36-22-10-8-21(30)9-11-22/h2-3,5,7-11,13,16,23,26H,4,6,12,14-15,17-19H2,1H3/t23-,26+/m1/s1. The zero-order valence-electron chi connectivity index (χ0n) is 20.9. The molecule has 2 aliphatic heterocycles. The van der Waals surface area contributed by atoms with E-state index in [-0.39, 0.29) is 42.9 Å². The number of fused-ring (bicyclic) bond motifs is 1. The van der Waals surface area contributed by atoms with Crippen LogP contribution in [0.3, 0.4) is 0 Å². The molecule has 0 saturated carbocycles. The summed E-state index contributed by atoms with van der Waals surface area (Å²) in [6.45, 7) is 3.74. The van der Waals surface area contributed by atoms with Crippen molar-refractivity contribution in [3.63, 3.8) is 0 Å². The van der Waals surface area contributed by atoms with Crippen LogP contribution in [0.5, 0.6) is 5.75 Å². The van der Waals surface area contributed by atoms with E-state index < -0.39 is 0 Å². The molecule has 2 amide bonds. The van der Waals surface area contributed by atoms with Crippen molar-refractivity contribution >= 4 is 23.2 Å². The van der Waals surface area contributed by atoms with E-state index in [1.807, 2.05) is 47.5 Å². The van der Waals surface area contributed by atoms with Gasteiger partial charge < -0.3 is 19.3 Å². The molecule has 2 aliphatic rings. The Labute approximate surface area is 220 Å². The Balaban J connectivity index is 1.36. The average Bonchev–Trinajstić information content (AvgIpc) is 3.60. The van der Waals surface area contributed by atoms with Gasteiger partial charge in [-0.15, -0.1) is 11.3 Å². The number of benzene rings is 2. The van der Waals surface area contributed by atoms with Crippen LogP contribution in [-0.2, 0) is 16.0 Å². The summed E-state index contributed by atoms with van der Waals surface area (Å²) < 4.78 is 25.1. The highest BCUT2D eigenvalue weighted by Gasteiger charge is 2.34. The van der Waals surface area contributed by atoms with E-state index in [1.165, 1.54) is 17.0 Å². The van der Waals surface area contributed by atoms with Crippen molar-refractivity contribution in [2.45, 2.75) is 38.3 Å². The second-order valence-corrected chi connectivity index (χ2v) is 10.6. The minimum absolute atomic E-state index is 0.0282. The fourth-order valence-corrected chi connectivity index (χ4v) is 6.00. The minimum atomic E-state index is -0.327. The number of hydrogen-bond donors (Lipinski definition) is 0. The highest BCUT2D eigenvalue weighted by atomic mass is 32.1. The number of rotatable bonds is 8. The molecule has 0 radical (unpaired) electrons. The van der Waals surface area contributed by atoms with Gasteiger partial charge in [-0.1, -0.05) is 18.2 Å². The first-order valence-electron chi connectivity index (χ1n) is 12.7. The lowest BCUT2D eigenvalue weighted by molar-refractivity contribution is -0.135. The molecule has 6 nitrogen and oxygen atoms in total. The van der Waals surface area contributed by atoms with Gasteiger partial charge in [0.25, 0.3) is 5.91 Å². The zero-order chi connectivity index (χ0) is 25.8. The Morgan fingerprint density at radius 2 is 1.97 bits per heavy atom. The first-order chi connectivity index (χ1) is 18.0. The van der Waals surface area contributed by atoms with Crippen LogP contribution in [-0.4, -0.2) is 60.6 Å². The van der Waals surface area contributed by atoms with Crippen LogP contribution in [0, 0.1) is 12.7 Å². The second kappa shape index (κ2) is 11.4. The number of aryl methyl sites for hydroxylation is 1. The predicted octanol–water partition coefficient (Wildman–Crippen LogP) is 5.02. The van der Waals surface area contributed by atoms with Crippen molar-refractivity contribution < 1.29 is 23.5 Å². The summed E-state index contributed by atoms with van der Waals surface area (Å²) in [4.78, 5) is 32.1. The van der Waals surface area contributed by atoms with Crippen LogP contribution in [0.2, 0.25) is 0 Å². The number of halogens is 1. The molecule has 1 fully saturated rings. The van der Waals surface area contributed by atoms with Gasteiger partial charge in [-0.3, -0.25) is 9.59 Å². The number of ether oxygens (including phenoxy) is 2. The van der Waals surface area contributed by atoms with Crippen LogP contribution in [0.25, 0.3) is 0 Å². The first kappa shape index (κ1) is 25.4. The SMILES string of the molecule is Cc1ccccc1C(=O)N(CC(=O)N1CCc2sccc2[C@@H]1COc1ccc(F)cc1)C[C@H]1CCCO1. The van der Waals surface area contributed by atoms with Gasteiger partial charge in [0, 0.05) is 30.1 Å². The van der Waals surface area contributed by atoms with Crippen LogP contribution < -0.4 is 4.74 Å². The molecule has 5 rings (SSSR count). The second-order valence-electron chi connectivity index (χ2n) is 9.55. The van der Waals surface area contributed by atoms with Crippen molar-refractivity contribution in [1.29, 1.82) is 0 Å². The van der Waals surface area contributed by atoms with Gasteiger partial charge in [0.1, 0.15) is 24.7 Å². The van der Waals surface area contributed by atoms with Crippen molar-refractivity contribution in [3.05, 3.63) is 87.4 Å². The van der Waals surface area contributed by atoms with E-state index >= 15 is 0 Å². The summed E-state index contributed by atoms with van der Waals surface area (Å²) in [5.74, 6) is -0.0590. The van der Waals surface area contributed by atoms with Gasteiger partial charge in [-0.25, -0.2) is 4.39 Å². The van der Waals surface area contributed by atoms with Crippen LogP contribution in [0.15, 0.2) is 60.0 Å². The summed E-state index contributed by atoms with van der Waals surface area (Å²) in [5.41, 5.74) is 2.55. The van der Waals surface area contributed by atoms with Gasteiger partial charge in [0.2, 0.25) is 5.91 Å². The molecule has 0 N–H and O–H groups in total. The van der Waals surface area contributed by atoms with Crippen molar-refractivity contribution in [2.75, 3.05) is 32.8 Å². The number of amides is 2. The van der Waals surface area contributed by atoms with Crippen molar-refractivity contribution in [1.82, 2.24) is 9.80 Å². The summed E-state index contributed by atoms with van der Waals surface area (Å²) in [5, 5.41) is 2.04. The highest BCUT2D eigenvalue weighted by Crippen LogP contribution is 2.34. The van der Waals surface area contributed by atoms with E-state index in [2.05, 4.69) is 0 Å². The Morgan fingerprint density at radius 1 is 1.16 bits per heavy atom. The van der Waals surface area contributed by atoms with Gasteiger partial charge >= 0.3 is 0 Å². The third-order valence-electron chi connectivity index (χ3n) is 7.07. The molecule has 0 bridgehead atoms. The molecule has 37 heavy (non-hydrogen) atoms. The van der Waals surface area contributed by atoms with Gasteiger partial charge in [0.05, 0.1) is 12.1 Å². The highest BCUT2D eigenvalue weighted by molar-refractivity contribution is 7.10. The Morgan fingerprint density at radius 3 is 2.73 bits per heavy atom. The minimum Gasteiger partial charge on any atom is -0.491 e. The lowest BCUT2D eigenvalue weighted by atomic mass is 10.00. The molecule has 1 saturated heterocycles. The van der Waals surface area contributed by atoms with Crippen LogP contribution in [0.4, 0.5) is 4.39 Å². The average molecular weight is 523 g/mol. The number of thiophene rings is 1. The van der Waals surface area contributed by atoms with Gasteiger partial charge in [-0.2, -0.15) is 0 Å². The molecular formula is C29H31FN2O4S. The largest absolute Gasteiger partial charge is 0.491 e. The number of hydrogen-bond acceptors (Lipinski definition) is 5. The molecule has 0 spiro atoms. The van der Waals surface area contributed by atoms with Gasteiger partial charge in [0.15, 0.2) is 0 Å². The topological polar surface area (TPSA) is 59.1 Å². The smallest absolute Gasteiger partial charge is 0.254 e. The first-order valence-corrected chi connectivity index (χ1v) is 13.6. The summed E-state index contributed by atoms with van der Waals surface area (Å²) >= 11 is 1.68. The van der Waals surface area contributed by atoms with E-state index in [4.69, 9.17) is 9.47 Å². The normalized spacial score (nSPS) is 18.9. The zero-order valence-corrected chi connectivity index (χ0v) is 21.7. The fourth-order valence-electron chi connectivity index (χ4n) is 5.07. The summed E-state index contributed by atoms with van der Waals surface area (Å²) in [6.07, 6.45) is 2.54. The Kier molecular flexibility index (Phi) is 7.86. The molecule has 194 valence electrons. The van der Waals surface area contributed by atoms with E-state index in [9.17, 15) is 14.0 Å². The van der Waals surface area contributed by atoms with Crippen LogP contribution >= 0.6 is 11.3 Å². The summed E-state index contributed by atoms with van der Waals surface area (Å²) in [6, 6.07) is 15.1. The number of carbonyl (C=O) groups is 2. The predicted molar refractivity (Wildman–Crippen MR) is 140 cm³/mol. The monoisotopic (exact) mass is 522 g/mol. The lowest BCUT2D eigenvalue weighted by Crippen LogP contribution is -2.49. The molecular weight excluding hydrogens is 491 g/mol. The molecule has 3 aromatic rings. The third-order valence-corrected chi connectivity index (χ3v) is 8.07. The maximum Gasteiger partial charge on any atom is 0.254 e. The molecule has 8 heteroatoms. The molecule has 0 aliphatic carbocycles. The fraction of sp³-hybridized carbons (Fsp3) is 0.379. The van der Waals surface area contributed by atoms with Crippen LogP contribution in [0.1, 0.15) is 45.2 Å². The maximum atomic E-state index is 13.8. The van der Waals surface area contributed by atoms with Gasteiger partial charge in [-0.05, 0) is 79.1 Å². The Hall–Kier alpha value is -3.23. The molecule has 1 aromatic heterocycles. The van der Waals surface area contributed by atoms with E-state index in [0.717, 1.165) is 30.4 Å². The van der Waals surface area contributed by atoms with E-state index in [0.29, 0.717) is 31.0 Å². The quantitative estimate of drug-likeness (QED) is 0.417. The molecule has 2 atom stereocenters. The maximum absolute atomic E-state index is 13.8. The molecule has 3 heterocycles. The van der Waals surface area contributed by atoms with E-state index in [1.54, 1.807) is 28.4 Å². The summed E-state index contributed by atoms with van der Waals surface area (Å²) in [7, 11) is 0. The Bertz CT molecular complexity index is 1240. The van der Waals surface area contributed by atoms with Crippen molar-refractivity contribution in [2.24, 2.45) is 0 Å². The van der Waals surface area contributed by atoms with Crippen molar-refractivity contribution in [3.8, 4) is 5.75 Å². The molecule has 0 unspecified atom stereocenters. The number of carbonyl (C=O) groups excluding carboxylic acids is 2. The molecule has 2 aromatic carbocycles. The lowest BCUT2D eigenvalue weighted by Gasteiger charge is -2.37.